The summed E-state index contributed by atoms with van der Waals surface area (Å²) in [5.41, 5.74) is 1.13. The molecule has 0 aliphatic rings. The van der Waals surface area contributed by atoms with E-state index < -0.39 is 34.1 Å². The highest BCUT2D eigenvalue weighted by Crippen LogP contribution is 2.39. The summed E-state index contributed by atoms with van der Waals surface area (Å²) in [6.07, 6.45) is 0.637. The summed E-state index contributed by atoms with van der Waals surface area (Å²) >= 11 is 18.8. The summed E-state index contributed by atoms with van der Waals surface area (Å²) in [6, 6.07) is 19.6. The molecule has 0 saturated heterocycles. The first-order valence-electron chi connectivity index (χ1n) is 18.1. The van der Waals surface area contributed by atoms with Gasteiger partial charge in [-0.2, -0.15) is 0 Å². The van der Waals surface area contributed by atoms with Crippen LogP contribution >= 0.6 is 34.8 Å². The van der Waals surface area contributed by atoms with Gasteiger partial charge in [-0.1, -0.05) is 94.5 Å². The fourth-order valence-corrected chi connectivity index (χ4v) is 6.66. The Bertz CT molecular complexity index is 2420. The van der Waals surface area contributed by atoms with Crippen molar-refractivity contribution in [2.75, 3.05) is 22.6 Å². The van der Waals surface area contributed by atoms with Crippen LogP contribution in [-0.4, -0.2) is 39.2 Å². The minimum Gasteiger partial charge on any atom is -0.483 e. The number of anilines is 3. The number of H-pyrrole nitrogens is 1. The molecule has 17 heteroatoms. The fourth-order valence-electron chi connectivity index (χ4n) is 5.67. The van der Waals surface area contributed by atoms with Gasteiger partial charge >= 0.3 is 11.7 Å². The van der Waals surface area contributed by atoms with Gasteiger partial charge in [-0.15, -0.1) is 0 Å². The van der Waals surface area contributed by atoms with Crippen molar-refractivity contribution in [2.24, 2.45) is 0 Å². The van der Waals surface area contributed by atoms with E-state index in [4.69, 9.17) is 44.3 Å². The fraction of sp³-hybridized carbons (Fsp3) is 0.268. The van der Waals surface area contributed by atoms with Gasteiger partial charge < -0.3 is 20.1 Å². The summed E-state index contributed by atoms with van der Waals surface area (Å²) in [6.45, 7) is 12.6. The molecule has 5 aromatic rings. The van der Waals surface area contributed by atoms with Crippen LogP contribution in [0.15, 0.2) is 83.7 Å². The van der Waals surface area contributed by atoms with Crippen molar-refractivity contribution < 1.29 is 28.8 Å². The molecular formula is C41H41Cl3N6O8. The highest BCUT2D eigenvalue weighted by atomic mass is 35.5. The van der Waals surface area contributed by atoms with E-state index in [1.807, 2.05) is 12.1 Å². The van der Waals surface area contributed by atoms with Crippen molar-refractivity contribution in [1.29, 1.82) is 0 Å². The van der Waals surface area contributed by atoms with Gasteiger partial charge in [0.05, 0.1) is 15.0 Å². The van der Waals surface area contributed by atoms with Crippen LogP contribution in [0.4, 0.5) is 27.7 Å². The number of carbonyl (C=O) groups is 3. The Labute approximate surface area is 348 Å². The van der Waals surface area contributed by atoms with Crippen molar-refractivity contribution in [3.05, 3.63) is 131 Å². The second-order valence-electron chi connectivity index (χ2n) is 14.6. The predicted molar refractivity (Wildman–Crippen MR) is 226 cm³/mol. The van der Waals surface area contributed by atoms with Crippen molar-refractivity contribution in [3.63, 3.8) is 0 Å². The lowest BCUT2D eigenvalue weighted by Gasteiger charge is -2.30. The zero-order chi connectivity index (χ0) is 42.5. The van der Waals surface area contributed by atoms with E-state index in [2.05, 4.69) is 68.7 Å². The maximum absolute atomic E-state index is 13.7. The lowest BCUT2D eigenvalue weighted by Crippen LogP contribution is -2.24. The van der Waals surface area contributed by atoms with Crippen molar-refractivity contribution in [1.82, 2.24) is 9.78 Å². The topological polar surface area (TPSA) is 187 Å². The Morgan fingerprint density at radius 1 is 0.828 bits per heavy atom. The molecule has 0 fully saturated rings. The molecule has 4 aromatic carbocycles. The number of nitrogens with zero attached hydrogens (tertiary/aromatic N) is 2. The van der Waals surface area contributed by atoms with Gasteiger partial charge in [0.2, 0.25) is 5.75 Å². The number of aromatic nitrogens is 2. The number of amides is 3. The molecule has 0 aliphatic heterocycles. The minimum absolute atomic E-state index is 0.0381. The van der Waals surface area contributed by atoms with Crippen molar-refractivity contribution >= 4 is 75.6 Å². The molecular weight excluding hydrogens is 811 g/mol. The molecule has 4 N–H and O–H groups in total. The third kappa shape index (κ3) is 9.99. The average molecular weight is 852 g/mol. The van der Waals surface area contributed by atoms with Crippen LogP contribution in [0.1, 0.15) is 75.9 Å². The lowest BCUT2D eigenvalue weighted by molar-refractivity contribution is -0.384. The second-order valence-corrected chi connectivity index (χ2v) is 15.8. The highest BCUT2D eigenvalue weighted by molar-refractivity contribution is 6.40. The molecule has 0 radical (unpaired) electrons. The molecule has 3 amide bonds. The van der Waals surface area contributed by atoms with E-state index in [0.29, 0.717) is 5.75 Å². The summed E-state index contributed by atoms with van der Waals surface area (Å²) in [5, 5.41) is 21.4. The van der Waals surface area contributed by atoms with E-state index in [1.54, 1.807) is 6.07 Å². The van der Waals surface area contributed by atoms with Crippen LogP contribution in [-0.2, 0) is 15.6 Å². The van der Waals surface area contributed by atoms with Gasteiger partial charge in [0, 0.05) is 39.7 Å². The minimum atomic E-state index is -1.17. The SMILES string of the molecule is CCC(C)(C)c1ccc(OCC(=O)Nc2cccc(C(=O)Nc3[nH]n(-c4c(Cl)cc(Cl)cc4Cl)c(=O)c3OC(=O)Nc3ccc([N+](=O)[O-])cc3)c2)c(C(C)(C)CC)c1. The number of hydrogen-bond donors (Lipinski definition) is 4. The highest BCUT2D eigenvalue weighted by Gasteiger charge is 2.28. The smallest absolute Gasteiger partial charge is 0.417 e. The number of nitrogens with one attached hydrogen (secondary N) is 4. The molecule has 0 unspecified atom stereocenters. The van der Waals surface area contributed by atoms with Gasteiger partial charge in [0.25, 0.3) is 17.5 Å². The van der Waals surface area contributed by atoms with Crippen LogP contribution in [0.25, 0.3) is 5.69 Å². The molecule has 0 bridgehead atoms. The number of ether oxygens (including phenoxy) is 2. The number of aromatic amines is 1. The number of nitro benzene ring substituents is 1. The maximum atomic E-state index is 13.7. The Kier molecular flexibility index (Phi) is 13.3. The van der Waals surface area contributed by atoms with Crippen molar-refractivity contribution in [2.45, 2.75) is 65.2 Å². The summed E-state index contributed by atoms with van der Waals surface area (Å²) in [4.78, 5) is 63.9. The van der Waals surface area contributed by atoms with Crippen LogP contribution < -0.4 is 31.0 Å². The van der Waals surface area contributed by atoms with E-state index >= 15 is 0 Å². The molecule has 5 rings (SSSR count). The first-order chi connectivity index (χ1) is 27.3. The molecule has 58 heavy (non-hydrogen) atoms. The number of nitro groups is 1. The maximum Gasteiger partial charge on any atom is 0.417 e. The monoisotopic (exact) mass is 850 g/mol. The van der Waals surface area contributed by atoms with Crippen LogP contribution in [0, 0.1) is 10.1 Å². The third-order valence-corrected chi connectivity index (χ3v) is 10.6. The van der Waals surface area contributed by atoms with Gasteiger partial charge in [-0.05, 0) is 77.8 Å². The standard InChI is InChI=1S/C41H41Cl3N6O8/c1-7-40(3,4)24-12-17-32(29(19-24)41(5,6)8-2)57-22-33(51)45-27-11-9-10-23(18-27)37(52)47-36-35(58-39(54)46-26-13-15-28(16-14-26)50(55)56)38(53)49(48-36)34-30(43)20-25(42)21-31(34)44/h9-21,48H,7-8,22H2,1-6H3,(H,45,51)(H,46,54)(H,47,52). The average Bonchev–Trinajstić information content (AvgIpc) is 3.46. The Hall–Kier alpha value is -5.83. The van der Waals surface area contributed by atoms with Gasteiger partial charge in [-0.3, -0.25) is 34.9 Å². The zero-order valence-electron chi connectivity index (χ0n) is 32.4. The molecule has 0 aliphatic carbocycles. The number of hydrogen-bond acceptors (Lipinski definition) is 8. The van der Waals surface area contributed by atoms with E-state index in [9.17, 15) is 29.3 Å². The third-order valence-electron chi connectivity index (χ3n) is 9.84. The summed E-state index contributed by atoms with van der Waals surface area (Å²) in [5.74, 6) is -1.65. The Morgan fingerprint density at radius 2 is 1.48 bits per heavy atom. The summed E-state index contributed by atoms with van der Waals surface area (Å²) < 4.78 is 12.3. The normalized spacial score (nSPS) is 11.5. The zero-order valence-corrected chi connectivity index (χ0v) is 34.7. The molecule has 1 aromatic heterocycles. The van der Waals surface area contributed by atoms with Gasteiger partial charge in [-0.25, -0.2) is 9.48 Å². The van der Waals surface area contributed by atoms with Gasteiger partial charge in [0.15, 0.2) is 12.4 Å². The van der Waals surface area contributed by atoms with Crippen LogP contribution in [0.5, 0.6) is 11.5 Å². The lowest BCUT2D eigenvalue weighted by atomic mass is 9.76. The first kappa shape index (κ1) is 43.3. The largest absolute Gasteiger partial charge is 0.483 e. The molecule has 304 valence electrons. The molecule has 14 nitrogen and oxygen atoms in total. The summed E-state index contributed by atoms with van der Waals surface area (Å²) in [7, 11) is 0. The Balaban J connectivity index is 1.36. The number of halogens is 3. The first-order valence-corrected chi connectivity index (χ1v) is 19.2. The number of benzene rings is 4. The predicted octanol–water partition coefficient (Wildman–Crippen LogP) is 10.3. The van der Waals surface area contributed by atoms with Crippen LogP contribution in [0.3, 0.4) is 0 Å². The quantitative estimate of drug-likeness (QED) is 0.0628. The molecule has 0 atom stereocenters. The van der Waals surface area contributed by atoms with Crippen LogP contribution in [0.2, 0.25) is 15.1 Å². The van der Waals surface area contributed by atoms with Crippen molar-refractivity contribution in [3.8, 4) is 17.2 Å². The van der Waals surface area contributed by atoms with Gasteiger partial charge in [0.1, 0.15) is 11.4 Å². The van der Waals surface area contributed by atoms with E-state index in [1.165, 1.54) is 48.0 Å². The Morgan fingerprint density at radius 3 is 2.10 bits per heavy atom. The second kappa shape index (κ2) is 17.8. The molecule has 1 heterocycles. The van der Waals surface area contributed by atoms with E-state index in [0.717, 1.165) is 35.2 Å². The number of rotatable bonds is 14. The number of carbonyl (C=O) groups excluding carboxylic acids is 3. The van der Waals surface area contributed by atoms with E-state index in [-0.39, 0.29) is 66.6 Å². The molecule has 0 spiro atoms. The molecule has 0 saturated carbocycles. The number of non-ortho nitro benzene ring substituents is 1.